The Balaban J connectivity index is 2.10. The van der Waals surface area contributed by atoms with Crippen LogP contribution in [0.3, 0.4) is 0 Å². The van der Waals surface area contributed by atoms with Gasteiger partial charge in [0.05, 0.1) is 12.2 Å². The van der Waals surface area contributed by atoms with Crippen molar-refractivity contribution in [1.29, 1.82) is 0 Å². The lowest BCUT2D eigenvalue weighted by Gasteiger charge is -2.14. The van der Waals surface area contributed by atoms with Crippen LogP contribution in [0.2, 0.25) is 0 Å². The predicted octanol–water partition coefficient (Wildman–Crippen LogP) is -0.293. The summed E-state index contributed by atoms with van der Waals surface area (Å²) in [6, 6.07) is 4.45. The van der Waals surface area contributed by atoms with E-state index in [0.717, 1.165) is 5.56 Å². The van der Waals surface area contributed by atoms with E-state index in [-0.39, 0.29) is 12.4 Å². The molecule has 2 atom stereocenters. The molecule has 19 heavy (non-hydrogen) atoms. The van der Waals surface area contributed by atoms with Crippen molar-refractivity contribution < 1.29 is 19.7 Å². The summed E-state index contributed by atoms with van der Waals surface area (Å²) in [6.45, 7) is 0.917. The number of likely N-dealkylation sites (tertiary alicyclic amines) is 1. The number of aliphatic hydroxyl groups excluding tert-OH is 3. The van der Waals surface area contributed by atoms with E-state index in [1.807, 2.05) is 4.90 Å². The molecule has 1 saturated heterocycles. The average Bonchev–Trinajstić information content (AvgIpc) is 2.65. The standard InChI is InChI=1S/C14H16FNO3/c15-12-5-10(2-1-3-17)4-11(6-12)7-16-8-13(18)14(19)9-16/h4-6,13-14,17-19H,3,7-9H2. The number of rotatable bonds is 2. The Morgan fingerprint density at radius 3 is 2.53 bits per heavy atom. The molecule has 102 valence electrons. The van der Waals surface area contributed by atoms with Crippen LogP contribution in [0.1, 0.15) is 11.1 Å². The molecule has 0 aromatic heterocycles. The number of β-amino-alcohol motifs (C(OH)–C–C–N with tert-alkyl or cyclic N) is 2. The minimum absolute atomic E-state index is 0.268. The van der Waals surface area contributed by atoms with E-state index < -0.39 is 12.2 Å². The summed E-state index contributed by atoms with van der Waals surface area (Å²) >= 11 is 0. The van der Waals surface area contributed by atoms with E-state index in [1.54, 1.807) is 6.07 Å². The van der Waals surface area contributed by atoms with E-state index in [2.05, 4.69) is 11.8 Å². The molecule has 0 spiro atoms. The lowest BCUT2D eigenvalue weighted by Crippen LogP contribution is -2.22. The SMILES string of the molecule is OCC#Cc1cc(F)cc(CN2CC(O)C(O)C2)c1. The smallest absolute Gasteiger partial charge is 0.124 e. The minimum Gasteiger partial charge on any atom is -0.389 e. The highest BCUT2D eigenvalue weighted by Crippen LogP contribution is 2.16. The van der Waals surface area contributed by atoms with Crippen LogP contribution in [0.4, 0.5) is 4.39 Å². The predicted molar refractivity (Wildman–Crippen MR) is 67.7 cm³/mol. The van der Waals surface area contributed by atoms with E-state index in [1.165, 1.54) is 12.1 Å². The maximum atomic E-state index is 13.4. The van der Waals surface area contributed by atoms with Crippen molar-refractivity contribution in [3.63, 3.8) is 0 Å². The van der Waals surface area contributed by atoms with Crippen molar-refractivity contribution in [2.75, 3.05) is 19.7 Å². The van der Waals surface area contributed by atoms with Gasteiger partial charge in [0.2, 0.25) is 0 Å². The summed E-state index contributed by atoms with van der Waals surface area (Å²) in [5.74, 6) is 4.74. The highest BCUT2D eigenvalue weighted by molar-refractivity contribution is 5.37. The summed E-state index contributed by atoms with van der Waals surface area (Å²) in [5.41, 5.74) is 1.23. The number of benzene rings is 1. The monoisotopic (exact) mass is 265 g/mol. The number of hydrogen-bond donors (Lipinski definition) is 3. The zero-order valence-corrected chi connectivity index (χ0v) is 10.4. The van der Waals surface area contributed by atoms with Crippen LogP contribution < -0.4 is 0 Å². The van der Waals surface area contributed by atoms with Gasteiger partial charge in [0.15, 0.2) is 0 Å². The normalized spacial score (nSPS) is 23.2. The largest absolute Gasteiger partial charge is 0.389 e. The van der Waals surface area contributed by atoms with Crippen molar-refractivity contribution in [2.24, 2.45) is 0 Å². The third-order valence-electron chi connectivity index (χ3n) is 3.01. The molecule has 0 radical (unpaired) electrons. The zero-order valence-electron chi connectivity index (χ0n) is 10.4. The molecule has 0 aliphatic carbocycles. The molecule has 2 unspecified atom stereocenters. The summed E-state index contributed by atoms with van der Waals surface area (Å²) in [5, 5.41) is 27.5. The van der Waals surface area contributed by atoms with Gasteiger partial charge >= 0.3 is 0 Å². The summed E-state index contributed by atoms with van der Waals surface area (Å²) in [4.78, 5) is 1.85. The van der Waals surface area contributed by atoms with Gasteiger partial charge in [0.25, 0.3) is 0 Å². The van der Waals surface area contributed by atoms with Gasteiger partial charge in [-0.1, -0.05) is 11.8 Å². The summed E-state index contributed by atoms with van der Waals surface area (Å²) < 4.78 is 13.4. The van der Waals surface area contributed by atoms with Gasteiger partial charge < -0.3 is 15.3 Å². The molecule has 5 heteroatoms. The second kappa shape index (κ2) is 6.13. The third-order valence-corrected chi connectivity index (χ3v) is 3.01. The fraction of sp³-hybridized carbons (Fsp3) is 0.429. The lowest BCUT2D eigenvalue weighted by molar-refractivity contribution is 0.0572. The number of aliphatic hydroxyl groups is 3. The van der Waals surface area contributed by atoms with Crippen LogP contribution in [0.25, 0.3) is 0 Å². The van der Waals surface area contributed by atoms with Crippen molar-refractivity contribution >= 4 is 0 Å². The van der Waals surface area contributed by atoms with Gasteiger partial charge in [0.1, 0.15) is 12.4 Å². The fourth-order valence-corrected chi connectivity index (χ4v) is 2.19. The second-order valence-corrected chi connectivity index (χ2v) is 4.64. The summed E-state index contributed by atoms with van der Waals surface area (Å²) in [7, 11) is 0. The molecule has 1 aliphatic rings. The molecule has 3 N–H and O–H groups in total. The van der Waals surface area contributed by atoms with Crippen LogP contribution in [0, 0.1) is 17.7 Å². The van der Waals surface area contributed by atoms with Gasteiger partial charge in [-0.2, -0.15) is 0 Å². The molecule has 1 aliphatic heterocycles. The molecular weight excluding hydrogens is 249 g/mol. The Bertz CT molecular complexity index is 499. The first-order chi connectivity index (χ1) is 9.08. The highest BCUT2D eigenvalue weighted by Gasteiger charge is 2.29. The molecule has 0 saturated carbocycles. The Morgan fingerprint density at radius 1 is 1.21 bits per heavy atom. The van der Waals surface area contributed by atoms with Gasteiger partial charge in [-0.05, 0) is 23.8 Å². The molecule has 0 amide bonds. The average molecular weight is 265 g/mol. The molecular formula is C14H16FNO3. The van der Waals surface area contributed by atoms with E-state index >= 15 is 0 Å². The minimum atomic E-state index is -0.748. The van der Waals surface area contributed by atoms with E-state index in [0.29, 0.717) is 25.2 Å². The maximum absolute atomic E-state index is 13.4. The Morgan fingerprint density at radius 2 is 1.89 bits per heavy atom. The Labute approximate surface area is 111 Å². The van der Waals surface area contributed by atoms with Crippen molar-refractivity contribution in [3.05, 3.63) is 35.1 Å². The maximum Gasteiger partial charge on any atom is 0.124 e. The molecule has 1 fully saturated rings. The molecule has 2 rings (SSSR count). The third kappa shape index (κ3) is 3.75. The quantitative estimate of drug-likeness (QED) is 0.643. The van der Waals surface area contributed by atoms with Crippen LogP contribution in [0.5, 0.6) is 0 Å². The highest BCUT2D eigenvalue weighted by atomic mass is 19.1. The molecule has 4 nitrogen and oxygen atoms in total. The Hall–Kier alpha value is -1.45. The summed E-state index contributed by atoms with van der Waals surface area (Å²) in [6.07, 6.45) is -1.50. The first-order valence-corrected chi connectivity index (χ1v) is 6.06. The topological polar surface area (TPSA) is 63.9 Å². The first kappa shape index (κ1) is 14.0. The zero-order chi connectivity index (χ0) is 13.8. The molecule has 1 heterocycles. The number of hydrogen-bond acceptors (Lipinski definition) is 4. The second-order valence-electron chi connectivity index (χ2n) is 4.64. The molecule has 1 aromatic rings. The Kier molecular flexibility index (Phi) is 4.51. The number of nitrogens with zero attached hydrogens (tertiary/aromatic N) is 1. The van der Waals surface area contributed by atoms with Gasteiger partial charge in [0, 0.05) is 25.2 Å². The van der Waals surface area contributed by atoms with E-state index in [9.17, 15) is 14.6 Å². The fourth-order valence-electron chi connectivity index (χ4n) is 2.19. The molecule has 1 aromatic carbocycles. The lowest BCUT2D eigenvalue weighted by atomic mass is 10.1. The van der Waals surface area contributed by atoms with Crippen molar-refractivity contribution in [1.82, 2.24) is 4.90 Å². The van der Waals surface area contributed by atoms with Crippen LogP contribution in [0.15, 0.2) is 18.2 Å². The van der Waals surface area contributed by atoms with Crippen molar-refractivity contribution in [3.8, 4) is 11.8 Å². The van der Waals surface area contributed by atoms with Crippen LogP contribution in [-0.2, 0) is 6.54 Å². The van der Waals surface area contributed by atoms with Gasteiger partial charge in [-0.15, -0.1) is 0 Å². The number of halogens is 1. The van der Waals surface area contributed by atoms with Crippen LogP contribution in [-0.4, -0.2) is 52.1 Å². The molecule has 0 bridgehead atoms. The van der Waals surface area contributed by atoms with Gasteiger partial charge in [-0.3, -0.25) is 4.90 Å². The van der Waals surface area contributed by atoms with Crippen molar-refractivity contribution in [2.45, 2.75) is 18.8 Å². The van der Waals surface area contributed by atoms with Crippen LogP contribution >= 0.6 is 0 Å². The van der Waals surface area contributed by atoms with E-state index in [4.69, 9.17) is 5.11 Å². The van der Waals surface area contributed by atoms with Gasteiger partial charge in [-0.25, -0.2) is 4.39 Å². The first-order valence-electron chi connectivity index (χ1n) is 6.06.